The van der Waals surface area contributed by atoms with Crippen LogP contribution < -0.4 is 0 Å². The summed E-state index contributed by atoms with van der Waals surface area (Å²) >= 11 is 0. The smallest absolute Gasteiger partial charge is 0.171 e. The molecule has 0 rings (SSSR count). The van der Waals surface area contributed by atoms with E-state index < -0.39 is 0 Å². The lowest BCUT2D eigenvalue weighted by molar-refractivity contribution is -0.132. The zero-order valence-corrected chi connectivity index (χ0v) is 9.00. The van der Waals surface area contributed by atoms with Crippen molar-refractivity contribution in [2.75, 3.05) is 28.2 Å². The van der Waals surface area contributed by atoms with Crippen molar-refractivity contribution in [3.8, 4) is 0 Å². The summed E-state index contributed by atoms with van der Waals surface area (Å²) in [6.07, 6.45) is -0.287. The molecule has 4 nitrogen and oxygen atoms in total. The number of likely N-dealkylation sites (N-methyl/N-ethyl adjacent to an activating group) is 2. The van der Waals surface area contributed by atoms with Crippen LogP contribution in [-0.2, 0) is 9.59 Å². The zero-order valence-electron chi connectivity index (χ0n) is 9.00. The van der Waals surface area contributed by atoms with Gasteiger partial charge >= 0.3 is 0 Å². The average Bonchev–Trinajstić information content (AvgIpc) is 1.81. The van der Waals surface area contributed by atoms with E-state index in [2.05, 4.69) is 0 Å². The van der Waals surface area contributed by atoms with Crippen molar-refractivity contribution in [1.82, 2.24) is 9.80 Å². The van der Waals surface area contributed by atoms with Crippen LogP contribution in [0.25, 0.3) is 0 Å². The summed E-state index contributed by atoms with van der Waals surface area (Å²) in [5, 5.41) is 0. The molecule has 0 spiro atoms. The summed E-state index contributed by atoms with van der Waals surface area (Å²) in [5.74, 6) is -0.138. The van der Waals surface area contributed by atoms with Gasteiger partial charge in [0.2, 0.25) is 0 Å². The molecule has 0 heterocycles. The molecule has 0 unspecified atom stereocenters. The number of nitrogens with zero attached hydrogens (tertiary/aromatic N) is 2. The molecule has 0 amide bonds. The van der Waals surface area contributed by atoms with Gasteiger partial charge < -0.3 is 0 Å². The molecule has 13 heavy (non-hydrogen) atoms. The first-order valence-corrected chi connectivity index (χ1v) is 4.21. The maximum atomic E-state index is 11.5. The van der Waals surface area contributed by atoms with Gasteiger partial charge in [0.1, 0.15) is 11.9 Å². The van der Waals surface area contributed by atoms with Gasteiger partial charge in [0.25, 0.3) is 0 Å². The summed E-state index contributed by atoms with van der Waals surface area (Å²) in [6, 6.07) is 0. The highest BCUT2D eigenvalue weighted by Crippen LogP contribution is 2.02. The SMILES string of the molecule is CC(=O)CC(=O)C(N(C)C)N(C)C. The fraction of sp³-hybridized carbons (Fsp3) is 0.778. The molecule has 0 N–H and O–H groups in total. The second kappa shape index (κ2) is 5.09. The van der Waals surface area contributed by atoms with E-state index in [9.17, 15) is 9.59 Å². The number of ketones is 2. The Morgan fingerprint density at radius 1 is 1.08 bits per heavy atom. The number of hydrogen-bond acceptors (Lipinski definition) is 4. The van der Waals surface area contributed by atoms with Crippen LogP contribution in [0, 0.1) is 0 Å². The van der Waals surface area contributed by atoms with Crippen molar-refractivity contribution >= 4 is 11.6 Å². The van der Waals surface area contributed by atoms with E-state index in [4.69, 9.17) is 0 Å². The molecule has 0 saturated heterocycles. The number of rotatable bonds is 5. The Balaban J connectivity index is 4.38. The van der Waals surface area contributed by atoms with Gasteiger partial charge in [0.15, 0.2) is 5.78 Å². The van der Waals surface area contributed by atoms with E-state index in [1.54, 1.807) is 9.80 Å². The van der Waals surface area contributed by atoms with Crippen LogP contribution in [0.1, 0.15) is 13.3 Å². The van der Waals surface area contributed by atoms with Crippen molar-refractivity contribution in [3.05, 3.63) is 0 Å². The number of carbonyl (C=O) groups excluding carboxylic acids is 2. The molecule has 76 valence electrons. The first-order valence-electron chi connectivity index (χ1n) is 4.21. The molecule has 0 saturated carbocycles. The summed E-state index contributed by atoms with van der Waals surface area (Å²) in [7, 11) is 7.29. The van der Waals surface area contributed by atoms with E-state index in [-0.39, 0.29) is 24.2 Å². The quantitative estimate of drug-likeness (QED) is 0.447. The average molecular weight is 186 g/mol. The van der Waals surface area contributed by atoms with Crippen molar-refractivity contribution in [1.29, 1.82) is 0 Å². The van der Waals surface area contributed by atoms with Crippen LogP contribution in [0.2, 0.25) is 0 Å². The fourth-order valence-corrected chi connectivity index (χ4v) is 1.37. The Labute approximate surface area is 79.5 Å². The highest BCUT2D eigenvalue weighted by molar-refractivity contribution is 6.00. The maximum Gasteiger partial charge on any atom is 0.171 e. The first-order chi connectivity index (χ1) is 5.86. The number of Topliss-reactive ketones (excluding diaryl/α,β-unsaturated/α-hetero) is 2. The summed E-state index contributed by atoms with van der Waals surface area (Å²) < 4.78 is 0. The predicted octanol–water partition coefficient (Wildman–Crippen LogP) is -0.0161. The highest BCUT2D eigenvalue weighted by atomic mass is 16.2. The Morgan fingerprint density at radius 2 is 1.46 bits per heavy atom. The van der Waals surface area contributed by atoms with Crippen LogP contribution in [-0.4, -0.2) is 55.7 Å². The van der Waals surface area contributed by atoms with Gasteiger partial charge in [-0.25, -0.2) is 0 Å². The fourth-order valence-electron chi connectivity index (χ4n) is 1.37. The molecular weight excluding hydrogens is 168 g/mol. The molecule has 0 aliphatic rings. The molecule has 4 heteroatoms. The van der Waals surface area contributed by atoms with Crippen LogP contribution in [0.3, 0.4) is 0 Å². The summed E-state index contributed by atoms with van der Waals surface area (Å²) in [5.41, 5.74) is 0. The van der Waals surface area contributed by atoms with Crippen LogP contribution >= 0.6 is 0 Å². The minimum absolute atomic E-state index is 0.0149. The van der Waals surface area contributed by atoms with Crippen molar-refractivity contribution in [2.24, 2.45) is 0 Å². The second-order valence-electron chi connectivity index (χ2n) is 3.65. The molecule has 0 aliphatic heterocycles. The van der Waals surface area contributed by atoms with Gasteiger partial charge in [0, 0.05) is 0 Å². The standard InChI is InChI=1S/C9H18N2O2/c1-7(12)6-8(13)9(10(2)3)11(4)5/h9H,6H2,1-5H3. The largest absolute Gasteiger partial charge is 0.300 e. The Kier molecular flexibility index (Phi) is 4.80. The molecule has 0 aromatic carbocycles. The molecule has 0 fully saturated rings. The monoisotopic (exact) mass is 186 g/mol. The van der Waals surface area contributed by atoms with E-state index in [0.717, 1.165) is 0 Å². The summed E-state index contributed by atoms with van der Waals surface area (Å²) in [6.45, 7) is 1.43. The lowest BCUT2D eigenvalue weighted by Gasteiger charge is -2.28. The second-order valence-corrected chi connectivity index (χ2v) is 3.65. The molecule has 0 atom stereocenters. The molecular formula is C9H18N2O2. The predicted molar refractivity (Wildman–Crippen MR) is 51.5 cm³/mol. The highest BCUT2D eigenvalue weighted by Gasteiger charge is 2.23. The van der Waals surface area contributed by atoms with Gasteiger partial charge in [-0.15, -0.1) is 0 Å². The van der Waals surface area contributed by atoms with Gasteiger partial charge in [-0.2, -0.15) is 0 Å². The molecule has 0 aromatic rings. The topological polar surface area (TPSA) is 40.6 Å². The van der Waals surface area contributed by atoms with E-state index >= 15 is 0 Å². The summed E-state index contributed by atoms with van der Waals surface area (Å²) in [4.78, 5) is 25.9. The third-order valence-corrected chi connectivity index (χ3v) is 1.69. The van der Waals surface area contributed by atoms with E-state index in [1.165, 1.54) is 6.92 Å². The van der Waals surface area contributed by atoms with Crippen LogP contribution in [0.4, 0.5) is 0 Å². The van der Waals surface area contributed by atoms with E-state index in [0.29, 0.717) is 0 Å². The Bertz CT molecular complexity index is 192. The van der Waals surface area contributed by atoms with Crippen LogP contribution in [0.5, 0.6) is 0 Å². The minimum atomic E-state index is -0.302. The van der Waals surface area contributed by atoms with Crippen LogP contribution in [0.15, 0.2) is 0 Å². The Hall–Kier alpha value is -0.740. The first kappa shape index (κ1) is 12.3. The lowest BCUT2D eigenvalue weighted by atomic mass is 10.1. The van der Waals surface area contributed by atoms with Gasteiger partial charge in [-0.05, 0) is 35.1 Å². The molecule has 0 bridgehead atoms. The molecule has 0 radical (unpaired) electrons. The third-order valence-electron chi connectivity index (χ3n) is 1.69. The zero-order chi connectivity index (χ0) is 10.6. The van der Waals surface area contributed by atoms with Crippen molar-refractivity contribution < 1.29 is 9.59 Å². The third kappa shape index (κ3) is 4.15. The number of hydrogen-bond donors (Lipinski definition) is 0. The van der Waals surface area contributed by atoms with Crippen molar-refractivity contribution in [2.45, 2.75) is 19.5 Å². The number of carbonyl (C=O) groups is 2. The maximum absolute atomic E-state index is 11.5. The lowest BCUT2D eigenvalue weighted by Crippen LogP contribution is -2.47. The van der Waals surface area contributed by atoms with Gasteiger partial charge in [-0.1, -0.05) is 0 Å². The minimum Gasteiger partial charge on any atom is -0.300 e. The molecule has 0 aromatic heterocycles. The molecule has 0 aliphatic carbocycles. The van der Waals surface area contributed by atoms with E-state index in [1.807, 2.05) is 28.2 Å². The Morgan fingerprint density at radius 3 is 1.69 bits per heavy atom. The van der Waals surface area contributed by atoms with Gasteiger partial charge in [0.05, 0.1) is 6.42 Å². The van der Waals surface area contributed by atoms with Crippen molar-refractivity contribution in [3.63, 3.8) is 0 Å². The normalized spacial score (nSPS) is 11.4. The van der Waals surface area contributed by atoms with Gasteiger partial charge in [-0.3, -0.25) is 19.4 Å².